The average molecular weight is 568 g/mol. The zero-order valence-corrected chi connectivity index (χ0v) is 22.1. The van der Waals surface area contributed by atoms with Gasteiger partial charge in [0.1, 0.15) is 30.0 Å². The number of aromatic hydroxyl groups is 2. The highest BCUT2D eigenvalue weighted by molar-refractivity contribution is 8.01. The van der Waals surface area contributed by atoms with Gasteiger partial charge < -0.3 is 30.9 Å². The van der Waals surface area contributed by atoms with Crippen LogP contribution in [-0.4, -0.2) is 83.6 Å². The summed E-state index contributed by atoms with van der Waals surface area (Å²) in [6, 6.07) is 8.20. The third kappa shape index (κ3) is 5.10. The molecule has 2 fully saturated rings. The Morgan fingerprint density at radius 1 is 1.12 bits per heavy atom. The first-order valence-electron chi connectivity index (χ1n) is 12.0. The van der Waals surface area contributed by atoms with E-state index in [9.17, 15) is 44.6 Å². The number of rotatable bonds is 7. The number of hydrogen-bond acceptors (Lipinski definition) is 9. The van der Waals surface area contributed by atoms with E-state index in [1.165, 1.54) is 16.7 Å². The molecule has 4 atom stereocenters. The van der Waals surface area contributed by atoms with Crippen LogP contribution >= 0.6 is 11.8 Å². The maximum Gasteiger partial charge on any atom is 0.327 e. The largest absolute Gasteiger partial charge is 0.504 e. The number of urea groups is 1. The van der Waals surface area contributed by atoms with Gasteiger partial charge in [0, 0.05) is 10.3 Å². The summed E-state index contributed by atoms with van der Waals surface area (Å²) in [5.41, 5.74) is 0.113. The first kappa shape index (κ1) is 28.2. The number of nitrogens with zero attached hydrogens (tertiary/aromatic N) is 3. The summed E-state index contributed by atoms with van der Waals surface area (Å²) in [5.74, 6) is -4.59. The average Bonchev–Trinajstić information content (AvgIpc) is 3.18. The molecule has 0 bridgehead atoms. The lowest BCUT2D eigenvalue weighted by molar-refractivity contribution is -0.161. The summed E-state index contributed by atoms with van der Waals surface area (Å²) in [7, 11) is 0. The summed E-state index contributed by atoms with van der Waals surface area (Å²) >= 11 is 1.24. The second-order valence-corrected chi connectivity index (χ2v) is 11.4. The lowest BCUT2D eigenvalue weighted by Gasteiger charge is -2.44. The number of amides is 5. The summed E-state index contributed by atoms with van der Waals surface area (Å²) < 4.78 is -0.806. The molecule has 5 amide bonds. The monoisotopic (exact) mass is 567 g/mol. The van der Waals surface area contributed by atoms with Crippen LogP contribution < -0.4 is 10.6 Å². The highest BCUT2D eigenvalue weighted by atomic mass is 32.2. The third-order valence-corrected chi connectivity index (χ3v) is 8.15. The lowest BCUT2D eigenvalue weighted by Crippen LogP contribution is -2.71. The maximum atomic E-state index is 13.4. The van der Waals surface area contributed by atoms with Crippen molar-refractivity contribution in [1.29, 1.82) is 5.26 Å². The molecule has 2 aliphatic rings. The molecule has 2 aliphatic heterocycles. The fraction of sp³-hybridized carbons (Fsp3) is 0.308. The van der Waals surface area contributed by atoms with E-state index in [0.717, 1.165) is 18.2 Å². The normalized spacial score (nSPS) is 21.3. The van der Waals surface area contributed by atoms with Crippen molar-refractivity contribution in [2.75, 3.05) is 6.54 Å². The van der Waals surface area contributed by atoms with Gasteiger partial charge in [-0.2, -0.15) is 5.26 Å². The lowest BCUT2D eigenvalue weighted by atomic mass is 9.95. The molecular weight excluding hydrogens is 542 g/mol. The zero-order chi connectivity index (χ0) is 29.4. The van der Waals surface area contributed by atoms with E-state index in [2.05, 4.69) is 10.6 Å². The Kier molecular flexibility index (Phi) is 7.61. The predicted octanol–water partition coefficient (Wildman–Crippen LogP) is 1.15. The number of β-lactam (4-membered cyclic amide) rings is 1. The summed E-state index contributed by atoms with van der Waals surface area (Å²) in [6.07, 6.45) is 0. The van der Waals surface area contributed by atoms with Gasteiger partial charge in [0.2, 0.25) is 11.8 Å². The number of phenolic OH excluding ortho intramolecular Hbond substituents is 2. The fourth-order valence-corrected chi connectivity index (χ4v) is 6.27. The predicted molar refractivity (Wildman–Crippen MR) is 140 cm³/mol. The van der Waals surface area contributed by atoms with Gasteiger partial charge >= 0.3 is 12.0 Å². The van der Waals surface area contributed by atoms with E-state index in [-0.39, 0.29) is 5.56 Å². The van der Waals surface area contributed by atoms with Gasteiger partial charge in [0.25, 0.3) is 5.91 Å². The molecule has 0 aromatic heterocycles. The molecule has 0 aliphatic carbocycles. The molecule has 0 radical (unpaired) electrons. The van der Waals surface area contributed by atoms with Crippen molar-refractivity contribution in [2.45, 2.75) is 42.1 Å². The topological polar surface area (TPSA) is 200 Å². The van der Waals surface area contributed by atoms with Gasteiger partial charge in [0.05, 0.1) is 6.07 Å². The number of benzene rings is 2. The number of carboxylic acids is 1. The third-order valence-electron chi connectivity index (χ3n) is 6.58. The van der Waals surface area contributed by atoms with Crippen LogP contribution in [0.4, 0.5) is 4.79 Å². The van der Waals surface area contributed by atoms with Crippen molar-refractivity contribution in [3.63, 3.8) is 0 Å². The van der Waals surface area contributed by atoms with Crippen LogP contribution in [0, 0.1) is 11.3 Å². The molecule has 13 nitrogen and oxygen atoms in total. The van der Waals surface area contributed by atoms with Gasteiger partial charge in [-0.25, -0.2) is 14.5 Å². The van der Waals surface area contributed by atoms with E-state index in [1.807, 2.05) is 0 Å². The van der Waals surface area contributed by atoms with Crippen molar-refractivity contribution in [1.82, 2.24) is 20.4 Å². The number of imide groups is 1. The smallest absolute Gasteiger partial charge is 0.327 e. The second-order valence-electron chi connectivity index (χ2n) is 9.63. The van der Waals surface area contributed by atoms with Crippen molar-refractivity contribution in [3.8, 4) is 17.6 Å². The maximum absolute atomic E-state index is 13.4. The molecule has 0 spiro atoms. The minimum absolute atomic E-state index is 0.199. The van der Waals surface area contributed by atoms with Gasteiger partial charge in [0.15, 0.2) is 11.5 Å². The van der Waals surface area contributed by atoms with Crippen LogP contribution in [0.1, 0.15) is 35.8 Å². The van der Waals surface area contributed by atoms with Crippen LogP contribution in [0.5, 0.6) is 11.5 Å². The van der Waals surface area contributed by atoms with E-state index in [1.54, 1.807) is 50.2 Å². The number of fused-ring (bicyclic) bond motifs is 1. The number of hydrogen-bond donors (Lipinski definition) is 5. The Morgan fingerprint density at radius 3 is 2.40 bits per heavy atom. The number of carbonyl (C=O) groups excluding carboxylic acids is 4. The Morgan fingerprint density at radius 2 is 1.80 bits per heavy atom. The zero-order valence-electron chi connectivity index (χ0n) is 21.3. The van der Waals surface area contributed by atoms with Gasteiger partial charge in [-0.15, -0.1) is 11.8 Å². The number of phenols is 2. The molecule has 2 heterocycles. The molecule has 2 aromatic carbocycles. The van der Waals surface area contributed by atoms with Crippen LogP contribution in [0.2, 0.25) is 0 Å². The van der Waals surface area contributed by atoms with E-state index < -0.39 is 76.0 Å². The van der Waals surface area contributed by atoms with Crippen LogP contribution in [-0.2, 0) is 14.4 Å². The Hall–Kier alpha value is -4.77. The van der Waals surface area contributed by atoms with Crippen molar-refractivity contribution >= 4 is 41.5 Å². The molecule has 4 rings (SSSR count). The molecule has 14 heteroatoms. The second kappa shape index (κ2) is 10.8. The SMILES string of the molecule is CC1(C)S[C@@H]2[C@H](NC(=O)C(NC(=O)N(CC#N)C(=O)c3ccc(O)c(O)c3)c3ccccc3)C(=O)N2[C@H]1C(=O)O. The number of nitriles is 1. The highest BCUT2D eigenvalue weighted by Crippen LogP contribution is 2.50. The standard InChI is InChI=1S/C26H25N5O8S/c1-26(2)19(24(37)38)31-22(36)18(23(31)40-26)28-20(34)17(13-6-4-3-5-7-13)29-25(39)30(11-10-27)21(35)14-8-9-15(32)16(33)12-14/h3-9,12,17-19,23,32-33H,11H2,1-2H3,(H,28,34)(H,29,39)(H,37,38)/t17?,18-,19+,23-/m1/s1. The van der Waals surface area contributed by atoms with Crippen molar-refractivity contribution < 1.29 is 39.3 Å². The molecular formula is C26H25N5O8S. The summed E-state index contributed by atoms with van der Waals surface area (Å²) in [5, 5.41) is 42.5. The molecule has 208 valence electrons. The minimum atomic E-state index is -1.40. The molecule has 40 heavy (non-hydrogen) atoms. The first-order chi connectivity index (χ1) is 18.9. The molecule has 5 N–H and O–H groups in total. The Balaban J connectivity index is 1.56. The van der Waals surface area contributed by atoms with E-state index in [4.69, 9.17) is 0 Å². The Labute approximate surface area is 232 Å². The minimum Gasteiger partial charge on any atom is -0.504 e. The molecule has 2 aromatic rings. The van der Waals surface area contributed by atoms with Crippen LogP contribution in [0.25, 0.3) is 0 Å². The van der Waals surface area contributed by atoms with E-state index in [0.29, 0.717) is 10.5 Å². The van der Waals surface area contributed by atoms with Gasteiger partial charge in [-0.1, -0.05) is 30.3 Å². The number of thioether (sulfide) groups is 1. The van der Waals surface area contributed by atoms with Crippen LogP contribution in [0.15, 0.2) is 48.5 Å². The van der Waals surface area contributed by atoms with Gasteiger partial charge in [-0.3, -0.25) is 14.4 Å². The molecule has 1 unspecified atom stereocenters. The highest BCUT2D eigenvalue weighted by Gasteiger charge is 2.64. The van der Waals surface area contributed by atoms with E-state index >= 15 is 0 Å². The summed E-state index contributed by atoms with van der Waals surface area (Å²) in [4.78, 5) is 66.1. The molecule has 2 saturated heterocycles. The number of aliphatic carboxylic acids is 1. The summed E-state index contributed by atoms with van der Waals surface area (Å²) in [6.45, 7) is 2.70. The van der Waals surface area contributed by atoms with Crippen molar-refractivity contribution in [2.24, 2.45) is 0 Å². The van der Waals surface area contributed by atoms with Crippen molar-refractivity contribution in [3.05, 3.63) is 59.7 Å². The first-order valence-corrected chi connectivity index (χ1v) is 12.8. The number of carbonyl (C=O) groups is 5. The number of nitrogens with one attached hydrogen (secondary N) is 2. The quantitative estimate of drug-likeness (QED) is 0.184. The Bertz CT molecular complexity index is 1430. The molecule has 0 saturated carbocycles. The number of carboxylic acid groups (broad SMARTS) is 1. The van der Waals surface area contributed by atoms with Crippen LogP contribution in [0.3, 0.4) is 0 Å². The van der Waals surface area contributed by atoms with Gasteiger partial charge in [-0.05, 0) is 37.6 Å². The fourth-order valence-electron chi connectivity index (χ4n) is 4.65.